The van der Waals surface area contributed by atoms with Crippen LogP contribution >= 0.6 is 0 Å². The Kier molecular flexibility index (Phi) is 8.20. The molecule has 0 aliphatic heterocycles. The second kappa shape index (κ2) is 13.9. The molecule has 0 bridgehead atoms. The average molecular weight is 701 g/mol. The largest absolute Gasteiger partial charge is 0.292 e. The summed E-state index contributed by atoms with van der Waals surface area (Å²) in [6, 6.07) is 78.1. The molecule has 0 saturated heterocycles. The van der Waals surface area contributed by atoms with Gasteiger partial charge in [-0.25, -0.2) is 4.98 Å². The normalized spacial score (nSPS) is 11.3. The third kappa shape index (κ3) is 5.82. The maximum atomic E-state index is 5.39. The minimum absolute atomic E-state index is 0.907. The quantitative estimate of drug-likeness (QED) is 0.151. The summed E-state index contributed by atoms with van der Waals surface area (Å²) in [7, 11) is 0. The molecule has 0 saturated carbocycles. The van der Waals surface area contributed by atoms with E-state index in [1.165, 1.54) is 54.9 Å². The van der Waals surface area contributed by atoms with Crippen molar-refractivity contribution < 1.29 is 0 Å². The lowest BCUT2D eigenvalue weighted by atomic mass is 9.85. The SMILES string of the molecule is c1ccc(-c2ccc(-c3c4ccccc4c(-c4ccc(-n5c(-c6ccccc6)nc(-c6ccccc6)c5-c5ccccc5)cc4)c4ccccc34)cc2)cc1. The van der Waals surface area contributed by atoms with Crippen LogP contribution in [-0.4, -0.2) is 9.55 Å². The second-order valence-electron chi connectivity index (χ2n) is 13.9. The van der Waals surface area contributed by atoms with E-state index in [9.17, 15) is 0 Å². The molecule has 0 spiro atoms. The predicted molar refractivity (Wildman–Crippen MR) is 231 cm³/mol. The van der Waals surface area contributed by atoms with Gasteiger partial charge in [0, 0.05) is 22.4 Å². The fraction of sp³-hybridized carbons (Fsp3) is 0. The maximum absolute atomic E-state index is 5.39. The highest BCUT2D eigenvalue weighted by Crippen LogP contribution is 2.45. The summed E-state index contributed by atoms with van der Waals surface area (Å²) in [5.41, 5.74) is 13.7. The first-order chi connectivity index (χ1) is 27.3. The molecular formula is C53H36N2. The van der Waals surface area contributed by atoms with Crippen LogP contribution in [0.15, 0.2) is 218 Å². The molecule has 2 heteroatoms. The fourth-order valence-corrected chi connectivity index (χ4v) is 8.10. The van der Waals surface area contributed by atoms with E-state index in [1.54, 1.807) is 0 Å². The van der Waals surface area contributed by atoms with Gasteiger partial charge in [-0.1, -0.05) is 206 Å². The number of hydrogen-bond donors (Lipinski definition) is 0. The van der Waals surface area contributed by atoms with Gasteiger partial charge in [0.05, 0.1) is 11.4 Å². The fourth-order valence-electron chi connectivity index (χ4n) is 8.10. The Hall–Kier alpha value is -7.29. The third-order valence-electron chi connectivity index (χ3n) is 10.6. The lowest BCUT2D eigenvalue weighted by Gasteiger charge is -2.19. The van der Waals surface area contributed by atoms with Crippen LogP contribution in [0, 0.1) is 0 Å². The topological polar surface area (TPSA) is 17.8 Å². The standard InChI is InChI=1S/C53H36N2/c1-5-17-37(18-6-1)38-29-31-39(32-30-38)49-45-25-13-15-27-47(45)50(48-28-16-14-26-46(48)49)40-33-35-44(36-34-40)55-52(42-21-9-3-10-22-42)51(41-19-7-2-8-20-41)54-53(55)43-23-11-4-12-24-43/h1-36H. The second-order valence-corrected chi connectivity index (χ2v) is 13.9. The van der Waals surface area contributed by atoms with Crippen LogP contribution in [0.2, 0.25) is 0 Å². The van der Waals surface area contributed by atoms with Crippen LogP contribution in [0.5, 0.6) is 0 Å². The molecule has 1 aromatic heterocycles. The Labute approximate surface area is 321 Å². The number of aromatic nitrogens is 2. The Morgan fingerprint density at radius 2 is 0.618 bits per heavy atom. The number of nitrogens with zero attached hydrogens (tertiary/aromatic N) is 2. The maximum Gasteiger partial charge on any atom is 0.145 e. The lowest BCUT2D eigenvalue weighted by Crippen LogP contribution is -2.00. The summed E-state index contributed by atoms with van der Waals surface area (Å²) in [5.74, 6) is 0.907. The molecule has 0 fully saturated rings. The van der Waals surface area contributed by atoms with Crippen molar-refractivity contribution in [3.05, 3.63) is 218 Å². The van der Waals surface area contributed by atoms with Crippen molar-refractivity contribution in [1.29, 1.82) is 0 Å². The number of hydrogen-bond acceptors (Lipinski definition) is 1. The van der Waals surface area contributed by atoms with Gasteiger partial charge >= 0.3 is 0 Å². The predicted octanol–water partition coefficient (Wildman–Crippen LogP) is 14.2. The molecule has 0 N–H and O–H groups in total. The van der Waals surface area contributed by atoms with Gasteiger partial charge in [0.25, 0.3) is 0 Å². The number of imidazole rings is 1. The van der Waals surface area contributed by atoms with E-state index in [0.717, 1.165) is 39.6 Å². The van der Waals surface area contributed by atoms with E-state index in [1.807, 2.05) is 0 Å². The summed E-state index contributed by atoms with van der Waals surface area (Å²) < 4.78 is 2.33. The van der Waals surface area contributed by atoms with E-state index in [2.05, 4.69) is 223 Å². The number of benzene rings is 9. The lowest BCUT2D eigenvalue weighted by molar-refractivity contribution is 1.07. The van der Waals surface area contributed by atoms with Gasteiger partial charge in [0.2, 0.25) is 0 Å². The van der Waals surface area contributed by atoms with Gasteiger partial charge in [-0.15, -0.1) is 0 Å². The zero-order valence-electron chi connectivity index (χ0n) is 30.2. The molecule has 0 radical (unpaired) electrons. The van der Waals surface area contributed by atoms with Crippen LogP contribution in [0.3, 0.4) is 0 Å². The Bertz CT molecular complexity index is 2850. The van der Waals surface area contributed by atoms with Gasteiger partial charge < -0.3 is 0 Å². The highest BCUT2D eigenvalue weighted by atomic mass is 15.1. The van der Waals surface area contributed by atoms with Gasteiger partial charge in [-0.05, 0) is 67.1 Å². The number of rotatable bonds is 7. The smallest absolute Gasteiger partial charge is 0.145 e. The third-order valence-corrected chi connectivity index (χ3v) is 10.6. The molecule has 0 aliphatic carbocycles. The minimum atomic E-state index is 0.907. The van der Waals surface area contributed by atoms with E-state index >= 15 is 0 Å². The zero-order valence-corrected chi connectivity index (χ0v) is 30.2. The van der Waals surface area contributed by atoms with Gasteiger partial charge in [0.1, 0.15) is 5.82 Å². The number of fused-ring (bicyclic) bond motifs is 2. The van der Waals surface area contributed by atoms with Gasteiger partial charge in [0.15, 0.2) is 0 Å². The summed E-state index contributed by atoms with van der Waals surface area (Å²) in [5, 5.41) is 4.96. The first-order valence-corrected chi connectivity index (χ1v) is 18.8. The highest BCUT2D eigenvalue weighted by Gasteiger charge is 2.23. The molecule has 10 aromatic rings. The molecule has 0 amide bonds. The Balaban J connectivity index is 1.16. The molecule has 9 aromatic carbocycles. The first kappa shape index (κ1) is 32.4. The van der Waals surface area contributed by atoms with Crippen LogP contribution in [0.25, 0.3) is 94.5 Å². The molecule has 0 unspecified atom stereocenters. The van der Waals surface area contributed by atoms with Crippen molar-refractivity contribution in [1.82, 2.24) is 9.55 Å². The Morgan fingerprint density at radius 3 is 1.09 bits per heavy atom. The van der Waals surface area contributed by atoms with Crippen molar-refractivity contribution in [2.24, 2.45) is 0 Å². The van der Waals surface area contributed by atoms with E-state index < -0.39 is 0 Å². The molecule has 10 rings (SSSR count). The van der Waals surface area contributed by atoms with Crippen LogP contribution < -0.4 is 0 Å². The molecule has 0 atom stereocenters. The summed E-state index contributed by atoms with van der Waals surface area (Å²) >= 11 is 0. The van der Waals surface area contributed by atoms with E-state index in [4.69, 9.17) is 4.98 Å². The molecule has 55 heavy (non-hydrogen) atoms. The van der Waals surface area contributed by atoms with Crippen LogP contribution in [-0.2, 0) is 0 Å². The van der Waals surface area contributed by atoms with Gasteiger partial charge in [-0.2, -0.15) is 0 Å². The van der Waals surface area contributed by atoms with Crippen molar-refractivity contribution >= 4 is 21.5 Å². The van der Waals surface area contributed by atoms with Crippen molar-refractivity contribution in [2.75, 3.05) is 0 Å². The molecule has 0 aliphatic rings. The Morgan fingerprint density at radius 1 is 0.273 bits per heavy atom. The van der Waals surface area contributed by atoms with Crippen LogP contribution in [0.4, 0.5) is 0 Å². The minimum Gasteiger partial charge on any atom is -0.292 e. The molecule has 258 valence electrons. The van der Waals surface area contributed by atoms with E-state index in [-0.39, 0.29) is 0 Å². The van der Waals surface area contributed by atoms with Crippen LogP contribution in [0.1, 0.15) is 0 Å². The average Bonchev–Trinajstić information content (AvgIpc) is 3.68. The van der Waals surface area contributed by atoms with Gasteiger partial charge in [-0.3, -0.25) is 4.57 Å². The zero-order chi connectivity index (χ0) is 36.6. The summed E-state index contributed by atoms with van der Waals surface area (Å²) in [6.07, 6.45) is 0. The first-order valence-electron chi connectivity index (χ1n) is 18.8. The van der Waals surface area contributed by atoms with Crippen molar-refractivity contribution in [3.8, 4) is 73.0 Å². The molecular weight excluding hydrogens is 665 g/mol. The summed E-state index contributed by atoms with van der Waals surface area (Å²) in [4.78, 5) is 5.39. The summed E-state index contributed by atoms with van der Waals surface area (Å²) in [6.45, 7) is 0. The molecule has 2 nitrogen and oxygen atoms in total. The monoisotopic (exact) mass is 700 g/mol. The highest BCUT2D eigenvalue weighted by molar-refractivity contribution is 6.21. The van der Waals surface area contributed by atoms with Crippen molar-refractivity contribution in [3.63, 3.8) is 0 Å². The molecule has 1 heterocycles. The van der Waals surface area contributed by atoms with E-state index in [0.29, 0.717) is 0 Å². The van der Waals surface area contributed by atoms with Crippen molar-refractivity contribution in [2.45, 2.75) is 0 Å².